The van der Waals surface area contributed by atoms with Crippen molar-refractivity contribution in [3.05, 3.63) is 0 Å². The summed E-state index contributed by atoms with van der Waals surface area (Å²) in [5, 5.41) is 0. The lowest BCUT2D eigenvalue weighted by molar-refractivity contribution is 0.334. The Morgan fingerprint density at radius 3 is 1.90 bits per heavy atom. The van der Waals surface area contributed by atoms with E-state index in [2.05, 4.69) is 27.7 Å². The summed E-state index contributed by atoms with van der Waals surface area (Å²) in [6, 6.07) is 0. The molecule has 1 saturated carbocycles. The summed E-state index contributed by atoms with van der Waals surface area (Å²) in [5.41, 5.74) is 0. The minimum atomic E-state index is 0.963. The van der Waals surface area contributed by atoms with E-state index < -0.39 is 0 Å². The van der Waals surface area contributed by atoms with Crippen LogP contribution in [0.5, 0.6) is 0 Å². The van der Waals surface area contributed by atoms with E-state index in [0.29, 0.717) is 0 Å². The van der Waals surface area contributed by atoms with Gasteiger partial charge in [-0.1, -0.05) is 34.1 Å². The highest BCUT2D eigenvalue weighted by Gasteiger charge is 2.33. The Labute approximate surface area is 65.0 Å². The molecule has 4 atom stereocenters. The van der Waals surface area contributed by atoms with E-state index in [1.165, 1.54) is 12.8 Å². The lowest BCUT2D eigenvalue weighted by atomic mass is 9.90. The SMILES string of the molecule is CC[C@@H]1CC(C)C(C)C1C. The topological polar surface area (TPSA) is 0 Å². The molecule has 1 aliphatic rings. The molecule has 0 bridgehead atoms. The van der Waals surface area contributed by atoms with Crippen molar-refractivity contribution in [2.75, 3.05) is 0 Å². The lowest BCUT2D eigenvalue weighted by Gasteiger charge is -2.16. The van der Waals surface area contributed by atoms with E-state index in [1.807, 2.05) is 0 Å². The quantitative estimate of drug-likeness (QED) is 0.524. The number of rotatable bonds is 1. The van der Waals surface area contributed by atoms with Crippen LogP contribution in [-0.2, 0) is 0 Å². The molecule has 0 amide bonds. The molecule has 0 nitrogen and oxygen atoms in total. The van der Waals surface area contributed by atoms with Crippen LogP contribution in [0.1, 0.15) is 40.5 Å². The molecule has 0 radical (unpaired) electrons. The third kappa shape index (κ3) is 1.21. The molecule has 1 fully saturated rings. The predicted molar refractivity (Wildman–Crippen MR) is 45.9 cm³/mol. The van der Waals surface area contributed by atoms with Gasteiger partial charge in [-0.25, -0.2) is 0 Å². The summed E-state index contributed by atoms with van der Waals surface area (Å²) >= 11 is 0. The van der Waals surface area contributed by atoms with Crippen molar-refractivity contribution in [2.24, 2.45) is 23.7 Å². The minimum Gasteiger partial charge on any atom is -0.0651 e. The first kappa shape index (κ1) is 8.10. The van der Waals surface area contributed by atoms with Gasteiger partial charge in [-0.2, -0.15) is 0 Å². The molecule has 0 saturated heterocycles. The summed E-state index contributed by atoms with van der Waals surface area (Å²) in [6.07, 6.45) is 2.86. The first-order chi connectivity index (χ1) is 4.66. The third-order valence-electron chi connectivity index (χ3n) is 3.67. The maximum absolute atomic E-state index is 2.42. The van der Waals surface area contributed by atoms with Crippen molar-refractivity contribution in [2.45, 2.75) is 40.5 Å². The fourth-order valence-corrected chi connectivity index (χ4v) is 2.39. The summed E-state index contributed by atoms with van der Waals surface area (Å²) in [4.78, 5) is 0. The molecule has 0 heteroatoms. The average molecular weight is 140 g/mol. The Balaban J connectivity index is 2.53. The molecule has 0 spiro atoms. The van der Waals surface area contributed by atoms with E-state index in [9.17, 15) is 0 Å². The highest BCUT2D eigenvalue weighted by atomic mass is 14.4. The highest BCUT2D eigenvalue weighted by molar-refractivity contribution is 4.83. The Bertz CT molecular complexity index is 107. The van der Waals surface area contributed by atoms with E-state index >= 15 is 0 Å². The van der Waals surface area contributed by atoms with Gasteiger partial charge >= 0.3 is 0 Å². The van der Waals surface area contributed by atoms with Gasteiger partial charge in [-0.15, -0.1) is 0 Å². The van der Waals surface area contributed by atoms with Crippen molar-refractivity contribution < 1.29 is 0 Å². The molecule has 0 aromatic rings. The molecule has 0 N–H and O–H groups in total. The van der Waals surface area contributed by atoms with E-state index in [0.717, 1.165) is 23.7 Å². The second-order valence-corrected chi connectivity index (χ2v) is 4.10. The fourth-order valence-electron chi connectivity index (χ4n) is 2.39. The van der Waals surface area contributed by atoms with Crippen LogP contribution < -0.4 is 0 Å². The van der Waals surface area contributed by atoms with Gasteiger partial charge in [0, 0.05) is 0 Å². The molecule has 0 aliphatic heterocycles. The van der Waals surface area contributed by atoms with Gasteiger partial charge in [0.1, 0.15) is 0 Å². The average Bonchev–Trinajstić information content (AvgIpc) is 2.17. The van der Waals surface area contributed by atoms with E-state index in [-0.39, 0.29) is 0 Å². The van der Waals surface area contributed by atoms with Gasteiger partial charge in [0.25, 0.3) is 0 Å². The molecule has 0 aromatic heterocycles. The molecule has 10 heavy (non-hydrogen) atoms. The molecule has 0 heterocycles. The standard InChI is InChI=1S/C10H20/c1-5-10-6-7(2)8(3)9(10)4/h7-10H,5-6H2,1-4H3/t7?,8?,9?,10-/m1/s1. The van der Waals surface area contributed by atoms with Gasteiger partial charge < -0.3 is 0 Å². The zero-order chi connectivity index (χ0) is 7.72. The summed E-state index contributed by atoms with van der Waals surface area (Å²) in [7, 11) is 0. The van der Waals surface area contributed by atoms with Crippen LogP contribution in [-0.4, -0.2) is 0 Å². The van der Waals surface area contributed by atoms with Crippen LogP contribution in [0.15, 0.2) is 0 Å². The zero-order valence-electron chi connectivity index (χ0n) is 7.72. The Hall–Kier alpha value is 0. The molecule has 60 valence electrons. The summed E-state index contributed by atoms with van der Waals surface area (Å²) < 4.78 is 0. The maximum atomic E-state index is 2.42. The van der Waals surface area contributed by atoms with Gasteiger partial charge in [0.05, 0.1) is 0 Å². The highest BCUT2D eigenvalue weighted by Crippen LogP contribution is 2.42. The van der Waals surface area contributed by atoms with Gasteiger partial charge in [0.2, 0.25) is 0 Å². The first-order valence-electron chi connectivity index (χ1n) is 4.66. The molecule has 3 unspecified atom stereocenters. The normalized spacial score (nSPS) is 48.0. The summed E-state index contributed by atoms with van der Waals surface area (Å²) in [5.74, 6) is 3.93. The molecular formula is C10H20. The molecule has 1 rings (SSSR count). The van der Waals surface area contributed by atoms with Crippen molar-refractivity contribution in [3.63, 3.8) is 0 Å². The van der Waals surface area contributed by atoms with Crippen molar-refractivity contribution >= 4 is 0 Å². The second kappa shape index (κ2) is 2.94. The molecule has 1 aliphatic carbocycles. The van der Waals surface area contributed by atoms with Crippen LogP contribution >= 0.6 is 0 Å². The predicted octanol–water partition coefficient (Wildman–Crippen LogP) is 3.32. The maximum Gasteiger partial charge on any atom is -0.0386 e. The van der Waals surface area contributed by atoms with Crippen LogP contribution in [0, 0.1) is 23.7 Å². The van der Waals surface area contributed by atoms with Crippen LogP contribution in [0.2, 0.25) is 0 Å². The molecule has 0 aromatic carbocycles. The Morgan fingerprint density at radius 1 is 1.10 bits per heavy atom. The van der Waals surface area contributed by atoms with E-state index in [4.69, 9.17) is 0 Å². The van der Waals surface area contributed by atoms with E-state index in [1.54, 1.807) is 0 Å². The van der Waals surface area contributed by atoms with Gasteiger partial charge in [-0.3, -0.25) is 0 Å². The number of hydrogen-bond acceptors (Lipinski definition) is 0. The first-order valence-corrected chi connectivity index (χ1v) is 4.66. The third-order valence-corrected chi connectivity index (χ3v) is 3.67. The second-order valence-electron chi connectivity index (χ2n) is 4.10. The largest absolute Gasteiger partial charge is 0.0651 e. The van der Waals surface area contributed by atoms with Crippen LogP contribution in [0.3, 0.4) is 0 Å². The molecular weight excluding hydrogens is 120 g/mol. The van der Waals surface area contributed by atoms with Crippen LogP contribution in [0.4, 0.5) is 0 Å². The van der Waals surface area contributed by atoms with Crippen molar-refractivity contribution in [1.82, 2.24) is 0 Å². The monoisotopic (exact) mass is 140 g/mol. The smallest absolute Gasteiger partial charge is 0.0386 e. The lowest BCUT2D eigenvalue weighted by Crippen LogP contribution is -2.08. The van der Waals surface area contributed by atoms with Crippen molar-refractivity contribution in [1.29, 1.82) is 0 Å². The van der Waals surface area contributed by atoms with Gasteiger partial charge in [-0.05, 0) is 30.1 Å². The van der Waals surface area contributed by atoms with Gasteiger partial charge in [0.15, 0.2) is 0 Å². The van der Waals surface area contributed by atoms with Crippen molar-refractivity contribution in [3.8, 4) is 0 Å². The minimum absolute atomic E-state index is 0.963. The zero-order valence-corrected chi connectivity index (χ0v) is 7.72. The fraction of sp³-hybridized carbons (Fsp3) is 1.00. The number of hydrogen-bond donors (Lipinski definition) is 0. The Kier molecular flexibility index (Phi) is 2.38. The van der Waals surface area contributed by atoms with Crippen LogP contribution in [0.25, 0.3) is 0 Å². The Morgan fingerprint density at radius 2 is 1.70 bits per heavy atom. The summed E-state index contributed by atoms with van der Waals surface area (Å²) in [6.45, 7) is 9.55.